The first-order valence-corrected chi connectivity index (χ1v) is 6.09. The van der Waals surface area contributed by atoms with Gasteiger partial charge in [0.25, 0.3) is 0 Å². The predicted molar refractivity (Wildman–Crippen MR) is 61.8 cm³/mol. The Balaban J connectivity index is 1.93. The lowest BCUT2D eigenvalue weighted by atomic mass is 9.94. The van der Waals surface area contributed by atoms with E-state index in [2.05, 4.69) is 19.1 Å². The first-order chi connectivity index (χ1) is 6.84. The summed E-state index contributed by atoms with van der Waals surface area (Å²) in [6, 6.07) is 0.650. The molecule has 1 fully saturated rings. The third kappa shape index (κ3) is 2.70. The smallest absolute Gasteiger partial charge is 0.0502 e. The zero-order chi connectivity index (χ0) is 9.80. The lowest BCUT2D eigenvalue weighted by Gasteiger charge is -2.20. The van der Waals surface area contributed by atoms with Crippen molar-refractivity contribution < 1.29 is 0 Å². The van der Waals surface area contributed by atoms with E-state index in [1.54, 1.807) is 0 Å². The SMILES string of the molecule is CC1C=CC(=NC2CCCCC2)CC1. The summed E-state index contributed by atoms with van der Waals surface area (Å²) in [7, 11) is 0. The second kappa shape index (κ2) is 4.77. The summed E-state index contributed by atoms with van der Waals surface area (Å²) in [5, 5.41) is 0. The molecule has 0 amide bonds. The Morgan fingerprint density at radius 2 is 1.93 bits per heavy atom. The lowest BCUT2D eigenvalue weighted by molar-refractivity contribution is 0.442. The topological polar surface area (TPSA) is 12.4 Å². The fourth-order valence-electron chi connectivity index (χ4n) is 2.38. The molecular formula is C13H21N. The number of hydrogen-bond acceptors (Lipinski definition) is 1. The maximum atomic E-state index is 4.86. The van der Waals surface area contributed by atoms with Gasteiger partial charge in [0.15, 0.2) is 0 Å². The van der Waals surface area contributed by atoms with Gasteiger partial charge in [0.2, 0.25) is 0 Å². The Bertz CT molecular complexity index is 234. The van der Waals surface area contributed by atoms with Crippen molar-refractivity contribution >= 4 is 5.71 Å². The van der Waals surface area contributed by atoms with Crippen LogP contribution in [0.15, 0.2) is 17.1 Å². The highest BCUT2D eigenvalue weighted by atomic mass is 14.8. The maximum Gasteiger partial charge on any atom is 0.0502 e. The van der Waals surface area contributed by atoms with Crippen molar-refractivity contribution in [2.75, 3.05) is 0 Å². The van der Waals surface area contributed by atoms with Crippen molar-refractivity contribution in [3.8, 4) is 0 Å². The molecule has 1 nitrogen and oxygen atoms in total. The van der Waals surface area contributed by atoms with E-state index in [0.717, 1.165) is 5.92 Å². The summed E-state index contributed by atoms with van der Waals surface area (Å²) in [6.07, 6.45) is 13.9. The molecule has 2 aliphatic carbocycles. The predicted octanol–water partition coefficient (Wildman–Crippen LogP) is 3.75. The van der Waals surface area contributed by atoms with Gasteiger partial charge in [-0.05, 0) is 37.7 Å². The number of nitrogens with zero attached hydrogens (tertiary/aromatic N) is 1. The van der Waals surface area contributed by atoms with Gasteiger partial charge in [-0.3, -0.25) is 4.99 Å². The molecule has 0 aromatic carbocycles. The molecule has 1 unspecified atom stereocenters. The molecule has 0 spiro atoms. The molecule has 0 N–H and O–H groups in total. The van der Waals surface area contributed by atoms with E-state index in [-0.39, 0.29) is 0 Å². The normalized spacial score (nSPS) is 32.4. The molecule has 1 heteroatoms. The molecule has 0 saturated heterocycles. The average Bonchev–Trinajstić information content (AvgIpc) is 2.23. The van der Waals surface area contributed by atoms with E-state index in [4.69, 9.17) is 4.99 Å². The Labute approximate surface area is 87.3 Å². The van der Waals surface area contributed by atoms with Gasteiger partial charge in [0.05, 0.1) is 6.04 Å². The molecule has 0 heterocycles. The molecule has 2 rings (SSSR count). The summed E-state index contributed by atoms with van der Waals surface area (Å²) in [5.41, 5.74) is 1.36. The maximum absolute atomic E-state index is 4.86. The second-order valence-electron chi connectivity index (χ2n) is 4.79. The first kappa shape index (κ1) is 9.95. The highest BCUT2D eigenvalue weighted by Crippen LogP contribution is 2.22. The summed E-state index contributed by atoms with van der Waals surface area (Å²) in [5.74, 6) is 0.764. The van der Waals surface area contributed by atoms with Crippen LogP contribution >= 0.6 is 0 Å². The highest BCUT2D eigenvalue weighted by molar-refractivity contribution is 5.95. The molecule has 1 atom stereocenters. The minimum atomic E-state index is 0.650. The molecule has 0 radical (unpaired) electrons. The van der Waals surface area contributed by atoms with Gasteiger partial charge >= 0.3 is 0 Å². The zero-order valence-electron chi connectivity index (χ0n) is 9.21. The van der Waals surface area contributed by atoms with E-state index in [0.29, 0.717) is 6.04 Å². The van der Waals surface area contributed by atoms with Crippen molar-refractivity contribution in [1.29, 1.82) is 0 Å². The van der Waals surface area contributed by atoms with Crippen LogP contribution in [-0.4, -0.2) is 11.8 Å². The van der Waals surface area contributed by atoms with E-state index in [1.165, 1.54) is 50.7 Å². The molecular weight excluding hydrogens is 170 g/mol. The zero-order valence-corrected chi connectivity index (χ0v) is 9.21. The fourth-order valence-corrected chi connectivity index (χ4v) is 2.38. The molecule has 2 aliphatic rings. The lowest BCUT2D eigenvalue weighted by Crippen LogP contribution is -2.14. The molecule has 0 aliphatic heterocycles. The molecule has 0 aromatic rings. The number of rotatable bonds is 1. The van der Waals surface area contributed by atoms with E-state index < -0.39 is 0 Å². The van der Waals surface area contributed by atoms with E-state index in [1.807, 2.05) is 0 Å². The van der Waals surface area contributed by atoms with Crippen molar-refractivity contribution in [1.82, 2.24) is 0 Å². The molecule has 0 bridgehead atoms. The third-order valence-electron chi connectivity index (χ3n) is 3.40. The summed E-state index contributed by atoms with van der Waals surface area (Å²) >= 11 is 0. The summed E-state index contributed by atoms with van der Waals surface area (Å²) < 4.78 is 0. The Morgan fingerprint density at radius 1 is 1.14 bits per heavy atom. The van der Waals surface area contributed by atoms with Crippen molar-refractivity contribution in [3.63, 3.8) is 0 Å². The monoisotopic (exact) mass is 191 g/mol. The van der Waals surface area contributed by atoms with Crippen LogP contribution < -0.4 is 0 Å². The van der Waals surface area contributed by atoms with Crippen molar-refractivity contribution in [2.45, 2.75) is 57.9 Å². The fraction of sp³-hybridized carbons (Fsp3) is 0.769. The van der Waals surface area contributed by atoms with Crippen LogP contribution in [0.1, 0.15) is 51.9 Å². The van der Waals surface area contributed by atoms with Crippen LogP contribution in [-0.2, 0) is 0 Å². The second-order valence-corrected chi connectivity index (χ2v) is 4.79. The molecule has 78 valence electrons. The average molecular weight is 191 g/mol. The van der Waals surface area contributed by atoms with Crippen LogP contribution in [0, 0.1) is 5.92 Å². The van der Waals surface area contributed by atoms with Gasteiger partial charge in [0.1, 0.15) is 0 Å². The first-order valence-electron chi connectivity index (χ1n) is 6.09. The van der Waals surface area contributed by atoms with Gasteiger partial charge in [0, 0.05) is 5.71 Å². The highest BCUT2D eigenvalue weighted by Gasteiger charge is 2.14. The van der Waals surface area contributed by atoms with Crippen LogP contribution in [0.5, 0.6) is 0 Å². The molecule has 14 heavy (non-hydrogen) atoms. The van der Waals surface area contributed by atoms with E-state index >= 15 is 0 Å². The van der Waals surface area contributed by atoms with E-state index in [9.17, 15) is 0 Å². The standard InChI is InChI=1S/C13H21N/c1-11-7-9-13(10-8-11)14-12-5-3-2-4-6-12/h7,9,11-12H,2-6,8,10H2,1H3. The van der Waals surface area contributed by atoms with Crippen LogP contribution in [0.25, 0.3) is 0 Å². The largest absolute Gasteiger partial charge is 0.286 e. The van der Waals surface area contributed by atoms with Gasteiger partial charge in [-0.2, -0.15) is 0 Å². The minimum Gasteiger partial charge on any atom is -0.286 e. The molecule has 0 aromatic heterocycles. The molecule has 1 saturated carbocycles. The Hall–Kier alpha value is -0.590. The van der Waals surface area contributed by atoms with Crippen LogP contribution in [0.4, 0.5) is 0 Å². The van der Waals surface area contributed by atoms with Crippen molar-refractivity contribution in [2.24, 2.45) is 10.9 Å². The minimum absolute atomic E-state index is 0.650. The van der Waals surface area contributed by atoms with Gasteiger partial charge in [-0.25, -0.2) is 0 Å². The number of allylic oxidation sites excluding steroid dienone is 2. The quantitative estimate of drug-likeness (QED) is 0.598. The Kier molecular flexibility index (Phi) is 3.39. The summed E-state index contributed by atoms with van der Waals surface area (Å²) in [6.45, 7) is 2.29. The van der Waals surface area contributed by atoms with Crippen LogP contribution in [0.2, 0.25) is 0 Å². The number of aliphatic imine (C=N–C) groups is 1. The Morgan fingerprint density at radius 3 is 2.57 bits per heavy atom. The number of hydrogen-bond donors (Lipinski definition) is 0. The van der Waals surface area contributed by atoms with Crippen molar-refractivity contribution in [3.05, 3.63) is 12.2 Å². The van der Waals surface area contributed by atoms with Gasteiger partial charge in [-0.15, -0.1) is 0 Å². The van der Waals surface area contributed by atoms with Gasteiger partial charge in [-0.1, -0.05) is 32.3 Å². The summed E-state index contributed by atoms with van der Waals surface area (Å²) in [4.78, 5) is 4.86. The van der Waals surface area contributed by atoms with Crippen LogP contribution in [0.3, 0.4) is 0 Å². The van der Waals surface area contributed by atoms with Gasteiger partial charge < -0.3 is 0 Å². The third-order valence-corrected chi connectivity index (χ3v) is 3.40.